The van der Waals surface area contributed by atoms with Crippen LogP contribution in [0.4, 0.5) is 10.1 Å². The number of nitro groups is 1. The molecule has 1 aromatic rings. The van der Waals surface area contributed by atoms with E-state index in [0.717, 1.165) is 25.0 Å². The number of nitrogens with one attached hydrogen (secondary N) is 1. The maximum absolute atomic E-state index is 14.1. The number of carbonyl (C=O) groups excluding carboxylic acids is 1. The fourth-order valence-corrected chi connectivity index (χ4v) is 2.58. The first-order valence-corrected chi connectivity index (χ1v) is 6.85. The van der Waals surface area contributed by atoms with Crippen molar-refractivity contribution in [2.75, 3.05) is 20.1 Å². The van der Waals surface area contributed by atoms with Gasteiger partial charge in [0.15, 0.2) is 0 Å². The number of likely N-dealkylation sites (N-methyl/N-ethyl adjacent to an activating group) is 1. The van der Waals surface area contributed by atoms with E-state index in [0.29, 0.717) is 13.1 Å². The van der Waals surface area contributed by atoms with Crippen molar-refractivity contribution in [2.24, 2.45) is 0 Å². The summed E-state index contributed by atoms with van der Waals surface area (Å²) in [6.45, 7) is 2.44. The van der Waals surface area contributed by atoms with E-state index < -0.39 is 16.6 Å². The quantitative estimate of drug-likeness (QED) is 0.682. The summed E-state index contributed by atoms with van der Waals surface area (Å²) in [7, 11) is 1.82. The summed E-state index contributed by atoms with van der Waals surface area (Å²) in [5.74, 6) is -1.17. The van der Waals surface area contributed by atoms with Crippen LogP contribution in [0.1, 0.15) is 28.8 Å². The second kappa shape index (κ2) is 6.17. The molecule has 1 atom stereocenters. The molecule has 1 aromatic carbocycles. The average Bonchev–Trinajstić information content (AvgIpc) is 2.49. The van der Waals surface area contributed by atoms with Crippen LogP contribution in [-0.4, -0.2) is 41.9 Å². The molecule has 1 amide bonds. The summed E-state index contributed by atoms with van der Waals surface area (Å²) in [4.78, 5) is 24.2. The molecule has 0 spiro atoms. The van der Waals surface area contributed by atoms with Gasteiger partial charge < -0.3 is 10.2 Å². The van der Waals surface area contributed by atoms with Crippen molar-refractivity contribution in [3.8, 4) is 0 Å². The molecule has 1 fully saturated rings. The first-order chi connectivity index (χ1) is 9.93. The zero-order valence-electron chi connectivity index (χ0n) is 12.1. The zero-order chi connectivity index (χ0) is 15.6. The van der Waals surface area contributed by atoms with Crippen LogP contribution in [0.15, 0.2) is 12.1 Å². The topological polar surface area (TPSA) is 75.5 Å². The molecule has 6 nitrogen and oxygen atoms in total. The summed E-state index contributed by atoms with van der Waals surface area (Å²) in [6.07, 6.45) is 1.78. The van der Waals surface area contributed by atoms with Gasteiger partial charge in [-0.05, 0) is 32.4 Å². The normalized spacial score (nSPS) is 18.6. The monoisotopic (exact) mass is 295 g/mol. The van der Waals surface area contributed by atoms with Crippen molar-refractivity contribution >= 4 is 11.6 Å². The standard InChI is InChI=1S/C14H18FN3O3/c1-9-6-11(18(20)21)7-12(13(9)15)14(19)17-5-3-4-10(8-17)16-2/h6-7,10,16H,3-5,8H2,1-2H3. The molecule has 0 bridgehead atoms. The van der Waals surface area contributed by atoms with Crippen molar-refractivity contribution in [2.45, 2.75) is 25.8 Å². The lowest BCUT2D eigenvalue weighted by Crippen LogP contribution is -2.47. The largest absolute Gasteiger partial charge is 0.337 e. The molecular formula is C14H18FN3O3. The molecule has 1 saturated heterocycles. The summed E-state index contributed by atoms with van der Waals surface area (Å²) >= 11 is 0. The SMILES string of the molecule is CNC1CCCN(C(=O)c2cc([N+](=O)[O-])cc(C)c2F)C1. The smallest absolute Gasteiger partial charge is 0.270 e. The second-order valence-corrected chi connectivity index (χ2v) is 5.26. The van der Waals surface area contributed by atoms with Crippen LogP contribution in [0.5, 0.6) is 0 Å². The number of carbonyl (C=O) groups is 1. The highest BCUT2D eigenvalue weighted by atomic mass is 19.1. The third-order valence-electron chi connectivity index (χ3n) is 3.80. The van der Waals surface area contributed by atoms with Gasteiger partial charge in [0.1, 0.15) is 5.82 Å². The van der Waals surface area contributed by atoms with Crippen molar-refractivity contribution in [1.82, 2.24) is 10.2 Å². The van der Waals surface area contributed by atoms with E-state index in [1.807, 2.05) is 7.05 Å². The number of nitrogens with zero attached hydrogens (tertiary/aromatic N) is 2. The molecule has 1 aliphatic heterocycles. The van der Waals surface area contributed by atoms with Gasteiger partial charge in [-0.2, -0.15) is 0 Å². The first kappa shape index (κ1) is 15.4. The van der Waals surface area contributed by atoms with Gasteiger partial charge in [-0.3, -0.25) is 14.9 Å². The maximum atomic E-state index is 14.1. The Kier molecular flexibility index (Phi) is 4.52. The molecule has 0 aliphatic carbocycles. The number of piperidine rings is 1. The molecule has 1 unspecified atom stereocenters. The molecule has 7 heteroatoms. The molecule has 0 radical (unpaired) electrons. The molecule has 1 heterocycles. The molecule has 0 aromatic heterocycles. The number of non-ortho nitro benzene ring substituents is 1. The minimum Gasteiger partial charge on any atom is -0.337 e. The number of hydrogen-bond acceptors (Lipinski definition) is 4. The number of likely N-dealkylation sites (tertiary alicyclic amines) is 1. The van der Waals surface area contributed by atoms with Gasteiger partial charge in [-0.25, -0.2) is 4.39 Å². The van der Waals surface area contributed by atoms with Crippen LogP contribution in [0, 0.1) is 22.9 Å². The van der Waals surface area contributed by atoms with E-state index in [4.69, 9.17) is 0 Å². The van der Waals surface area contributed by atoms with E-state index in [1.54, 1.807) is 4.90 Å². The van der Waals surface area contributed by atoms with Gasteiger partial charge in [0.2, 0.25) is 0 Å². The van der Waals surface area contributed by atoms with Crippen LogP contribution in [0.25, 0.3) is 0 Å². The highest BCUT2D eigenvalue weighted by Gasteiger charge is 2.27. The minimum atomic E-state index is -0.683. The molecule has 0 saturated carbocycles. The zero-order valence-corrected chi connectivity index (χ0v) is 12.1. The molecule has 1 aliphatic rings. The van der Waals surface area contributed by atoms with Gasteiger partial charge in [0, 0.05) is 31.3 Å². The second-order valence-electron chi connectivity index (χ2n) is 5.26. The molecule has 1 N–H and O–H groups in total. The van der Waals surface area contributed by atoms with E-state index >= 15 is 0 Å². The number of rotatable bonds is 3. The molecular weight excluding hydrogens is 277 g/mol. The number of halogens is 1. The first-order valence-electron chi connectivity index (χ1n) is 6.85. The Morgan fingerprint density at radius 2 is 2.24 bits per heavy atom. The Hall–Kier alpha value is -2.02. The lowest BCUT2D eigenvalue weighted by atomic mass is 10.0. The highest BCUT2D eigenvalue weighted by Crippen LogP contribution is 2.23. The predicted octanol–water partition coefficient (Wildman–Crippen LogP) is 1.87. The van der Waals surface area contributed by atoms with Crippen LogP contribution in [-0.2, 0) is 0 Å². The number of benzene rings is 1. The summed E-state index contributed by atoms with van der Waals surface area (Å²) in [6, 6.07) is 2.33. The number of amides is 1. The Morgan fingerprint density at radius 1 is 1.52 bits per heavy atom. The van der Waals surface area contributed by atoms with Crippen LogP contribution >= 0.6 is 0 Å². The molecule has 114 valence electrons. The molecule has 21 heavy (non-hydrogen) atoms. The van der Waals surface area contributed by atoms with Crippen molar-refractivity contribution < 1.29 is 14.1 Å². The number of hydrogen-bond donors (Lipinski definition) is 1. The van der Waals surface area contributed by atoms with Gasteiger partial charge in [-0.1, -0.05) is 0 Å². The minimum absolute atomic E-state index is 0.106. The third kappa shape index (κ3) is 3.18. The van der Waals surface area contributed by atoms with Crippen LogP contribution < -0.4 is 5.32 Å². The lowest BCUT2D eigenvalue weighted by Gasteiger charge is -2.32. The Labute approximate surface area is 122 Å². The Balaban J connectivity index is 2.32. The van der Waals surface area contributed by atoms with Gasteiger partial charge >= 0.3 is 0 Å². The van der Waals surface area contributed by atoms with Gasteiger partial charge in [-0.15, -0.1) is 0 Å². The lowest BCUT2D eigenvalue weighted by molar-refractivity contribution is -0.385. The van der Waals surface area contributed by atoms with E-state index in [-0.39, 0.29) is 22.9 Å². The predicted molar refractivity (Wildman–Crippen MR) is 75.8 cm³/mol. The van der Waals surface area contributed by atoms with E-state index in [2.05, 4.69) is 5.32 Å². The Morgan fingerprint density at radius 3 is 2.86 bits per heavy atom. The average molecular weight is 295 g/mol. The fourth-order valence-electron chi connectivity index (χ4n) is 2.58. The molecule has 2 rings (SSSR count). The fraction of sp³-hybridized carbons (Fsp3) is 0.500. The van der Waals surface area contributed by atoms with Gasteiger partial charge in [0.25, 0.3) is 11.6 Å². The van der Waals surface area contributed by atoms with Crippen LogP contribution in [0.3, 0.4) is 0 Å². The van der Waals surface area contributed by atoms with E-state index in [1.165, 1.54) is 6.92 Å². The van der Waals surface area contributed by atoms with Crippen LogP contribution in [0.2, 0.25) is 0 Å². The van der Waals surface area contributed by atoms with Crippen molar-refractivity contribution in [3.63, 3.8) is 0 Å². The number of nitro benzene ring substituents is 1. The van der Waals surface area contributed by atoms with Crippen molar-refractivity contribution in [1.29, 1.82) is 0 Å². The van der Waals surface area contributed by atoms with E-state index in [9.17, 15) is 19.3 Å². The summed E-state index contributed by atoms with van der Waals surface area (Å²) in [5.41, 5.74) is -0.382. The van der Waals surface area contributed by atoms with Gasteiger partial charge in [0.05, 0.1) is 10.5 Å². The Bertz CT molecular complexity index is 577. The maximum Gasteiger partial charge on any atom is 0.270 e. The highest BCUT2D eigenvalue weighted by molar-refractivity contribution is 5.95. The summed E-state index contributed by atoms with van der Waals surface area (Å²) < 4.78 is 14.1. The van der Waals surface area contributed by atoms with Crippen molar-refractivity contribution in [3.05, 3.63) is 39.2 Å². The third-order valence-corrected chi connectivity index (χ3v) is 3.80. The summed E-state index contributed by atoms with van der Waals surface area (Å²) in [5, 5.41) is 14.0. The number of aryl methyl sites for hydroxylation is 1.